The predicted octanol–water partition coefficient (Wildman–Crippen LogP) is 4.01. The van der Waals surface area contributed by atoms with E-state index in [1.54, 1.807) is 0 Å². The molecular weight excluding hydrogens is 360 g/mol. The third kappa shape index (κ3) is 3.54. The highest BCUT2D eigenvalue weighted by Gasteiger charge is 2.19. The van der Waals surface area contributed by atoms with Crippen molar-refractivity contribution in [1.29, 1.82) is 0 Å². The van der Waals surface area contributed by atoms with Crippen LogP contribution in [0.15, 0.2) is 24.3 Å². The number of nitrogens with zero attached hydrogens (tertiary/aromatic N) is 3. The number of hydrogen-bond donors (Lipinski definition) is 1. The minimum absolute atomic E-state index is 0. The third-order valence-corrected chi connectivity index (χ3v) is 5.64. The van der Waals surface area contributed by atoms with E-state index in [0.717, 1.165) is 41.5 Å². The molecule has 1 aliphatic heterocycles. The van der Waals surface area contributed by atoms with Gasteiger partial charge in [0, 0.05) is 18.8 Å². The van der Waals surface area contributed by atoms with E-state index in [1.807, 2.05) is 6.92 Å². The minimum Gasteiger partial charge on any atom is -0.412 e. The first-order valence-electron chi connectivity index (χ1n) is 9.52. The molecule has 0 saturated carbocycles. The molecule has 0 radical (unpaired) electrons. The average molecular weight is 387 g/mol. The molecule has 2 aliphatic rings. The number of benzene rings is 1. The summed E-state index contributed by atoms with van der Waals surface area (Å²) in [5.41, 5.74) is 7.56. The van der Waals surface area contributed by atoms with E-state index in [4.69, 9.17) is 4.98 Å². The van der Waals surface area contributed by atoms with Gasteiger partial charge in [-0.1, -0.05) is 12.1 Å². The molecule has 0 atom stereocenters. The standard InChI is InChI=1S/C21H24N4.ClH.H2O/c1-14-22-19-13-18(17-9-8-15-6-5-7-16(15)12-17)24-20(19)21(23-14)25-10-3-2-4-11-25;;/h8-9,12-13,24H,2-7,10-11H2,1H3;1H;1H2. The monoisotopic (exact) mass is 386 g/mol. The van der Waals surface area contributed by atoms with Crippen molar-refractivity contribution in [3.8, 4) is 11.3 Å². The first-order valence-corrected chi connectivity index (χ1v) is 9.52. The Morgan fingerprint density at radius 3 is 2.52 bits per heavy atom. The summed E-state index contributed by atoms with van der Waals surface area (Å²) in [4.78, 5) is 15.5. The highest BCUT2D eigenvalue weighted by Crippen LogP contribution is 2.32. The van der Waals surface area contributed by atoms with Crippen LogP contribution in [0, 0.1) is 6.92 Å². The van der Waals surface area contributed by atoms with Gasteiger partial charge in [-0.3, -0.25) is 0 Å². The molecule has 3 heterocycles. The summed E-state index contributed by atoms with van der Waals surface area (Å²) in [6, 6.07) is 9.09. The highest BCUT2D eigenvalue weighted by molar-refractivity contribution is 5.91. The Kier molecular flexibility index (Phi) is 5.72. The van der Waals surface area contributed by atoms with E-state index >= 15 is 0 Å². The molecule has 2 aromatic heterocycles. The second-order valence-corrected chi connectivity index (χ2v) is 7.42. The van der Waals surface area contributed by atoms with Crippen LogP contribution < -0.4 is 4.90 Å². The number of fused-ring (bicyclic) bond motifs is 2. The minimum atomic E-state index is 0. The van der Waals surface area contributed by atoms with Crippen LogP contribution in [0.1, 0.15) is 42.6 Å². The van der Waals surface area contributed by atoms with Crippen LogP contribution in [0.5, 0.6) is 0 Å². The normalized spacial score (nSPS) is 16.0. The molecular formula is C21H27ClN4O. The lowest BCUT2D eigenvalue weighted by Crippen LogP contribution is -2.30. The van der Waals surface area contributed by atoms with Crippen molar-refractivity contribution in [3.05, 3.63) is 41.2 Å². The van der Waals surface area contributed by atoms with Crippen LogP contribution in [0.25, 0.3) is 22.3 Å². The maximum Gasteiger partial charge on any atom is 0.156 e. The fraction of sp³-hybridized carbons (Fsp3) is 0.429. The van der Waals surface area contributed by atoms with Crippen molar-refractivity contribution in [2.75, 3.05) is 18.0 Å². The molecule has 6 heteroatoms. The largest absolute Gasteiger partial charge is 0.412 e. The lowest BCUT2D eigenvalue weighted by atomic mass is 10.0. The van der Waals surface area contributed by atoms with Gasteiger partial charge in [-0.2, -0.15) is 0 Å². The zero-order chi connectivity index (χ0) is 16.8. The SMILES string of the molecule is Cc1nc(N2CCCCC2)c2[nH]c(-c3ccc4c(c3)CCC4)cc2n1.Cl.O. The van der Waals surface area contributed by atoms with E-state index in [0.29, 0.717) is 0 Å². The number of rotatable bonds is 2. The van der Waals surface area contributed by atoms with Crippen LogP contribution >= 0.6 is 12.4 Å². The molecule has 0 amide bonds. The zero-order valence-electron chi connectivity index (χ0n) is 15.7. The van der Waals surface area contributed by atoms with Gasteiger partial charge in [-0.05, 0) is 74.3 Å². The zero-order valence-corrected chi connectivity index (χ0v) is 16.5. The number of anilines is 1. The van der Waals surface area contributed by atoms with E-state index in [-0.39, 0.29) is 17.9 Å². The summed E-state index contributed by atoms with van der Waals surface area (Å²) < 4.78 is 0. The Morgan fingerprint density at radius 2 is 1.70 bits per heavy atom. The van der Waals surface area contributed by atoms with E-state index in [9.17, 15) is 0 Å². The number of hydrogen-bond acceptors (Lipinski definition) is 3. The van der Waals surface area contributed by atoms with Crippen molar-refractivity contribution in [2.24, 2.45) is 0 Å². The molecule has 0 unspecified atom stereocenters. The predicted molar refractivity (Wildman–Crippen MR) is 113 cm³/mol. The molecule has 5 nitrogen and oxygen atoms in total. The lowest BCUT2D eigenvalue weighted by molar-refractivity contribution is 0.574. The van der Waals surface area contributed by atoms with Gasteiger partial charge < -0.3 is 15.4 Å². The highest BCUT2D eigenvalue weighted by atomic mass is 35.5. The molecule has 1 fully saturated rings. The Balaban J connectivity index is 0.00000105. The fourth-order valence-corrected chi connectivity index (χ4v) is 4.34. The topological polar surface area (TPSA) is 76.3 Å². The van der Waals surface area contributed by atoms with Gasteiger partial charge in [-0.25, -0.2) is 9.97 Å². The number of aryl methyl sites for hydroxylation is 3. The number of H-pyrrole nitrogens is 1. The maximum atomic E-state index is 4.77. The maximum absolute atomic E-state index is 4.77. The summed E-state index contributed by atoms with van der Waals surface area (Å²) >= 11 is 0. The summed E-state index contributed by atoms with van der Waals surface area (Å²) in [6.45, 7) is 4.19. The summed E-state index contributed by atoms with van der Waals surface area (Å²) in [5, 5.41) is 0. The molecule has 3 N–H and O–H groups in total. The number of piperidine rings is 1. The van der Waals surface area contributed by atoms with Gasteiger partial charge >= 0.3 is 0 Å². The quantitative estimate of drug-likeness (QED) is 0.722. The number of halogens is 1. The first-order chi connectivity index (χ1) is 12.3. The van der Waals surface area contributed by atoms with Gasteiger partial charge in [0.2, 0.25) is 0 Å². The Morgan fingerprint density at radius 1 is 0.926 bits per heavy atom. The van der Waals surface area contributed by atoms with Gasteiger partial charge in [0.05, 0.1) is 5.52 Å². The molecule has 5 rings (SSSR count). The molecule has 3 aromatic rings. The molecule has 27 heavy (non-hydrogen) atoms. The molecule has 1 aromatic carbocycles. The number of aromatic amines is 1. The summed E-state index contributed by atoms with van der Waals surface area (Å²) in [6.07, 6.45) is 7.56. The first kappa shape index (κ1) is 19.6. The Bertz CT molecular complexity index is 947. The van der Waals surface area contributed by atoms with E-state index < -0.39 is 0 Å². The smallest absolute Gasteiger partial charge is 0.156 e. The van der Waals surface area contributed by atoms with Crippen molar-refractivity contribution < 1.29 is 5.48 Å². The molecule has 1 aliphatic carbocycles. The lowest BCUT2D eigenvalue weighted by Gasteiger charge is -2.28. The second-order valence-electron chi connectivity index (χ2n) is 7.42. The van der Waals surface area contributed by atoms with E-state index in [2.05, 4.69) is 39.1 Å². The number of aromatic nitrogens is 3. The average Bonchev–Trinajstić information content (AvgIpc) is 3.27. The molecule has 1 saturated heterocycles. The molecule has 0 spiro atoms. The van der Waals surface area contributed by atoms with Gasteiger partial charge in [0.25, 0.3) is 0 Å². The summed E-state index contributed by atoms with van der Waals surface area (Å²) in [7, 11) is 0. The van der Waals surface area contributed by atoms with Crippen molar-refractivity contribution in [1.82, 2.24) is 15.0 Å². The second kappa shape index (κ2) is 7.87. The van der Waals surface area contributed by atoms with Crippen LogP contribution in [-0.4, -0.2) is 33.5 Å². The Labute approximate surface area is 165 Å². The Hall–Kier alpha value is -2.11. The van der Waals surface area contributed by atoms with Gasteiger partial charge in [0.15, 0.2) is 5.82 Å². The summed E-state index contributed by atoms with van der Waals surface area (Å²) in [5.74, 6) is 1.93. The van der Waals surface area contributed by atoms with Crippen LogP contribution in [0.3, 0.4) is 0 Å². The van der Waals surface area contributed by atoms with Gasteiger partial charge in [0.1, 0.15) is 11.3 Å². The van der Waals surface area contributed by atoms with Crippen LogP contribution in [-0.2, 0) is 12.8 Å². The molecule has 144 valence electrons. The molecule has 0 bridgehead atoms. The van der Waals surface area contributed by atoms with Crippen molar-refractivity contribution in [3.63, 3.8) is 0 Å². The van der Waals surface area contributed by atoms with Gasteiger partial charge in [-0.15, -0.1) is 12.4 Å². The van der Waals surface area contributed by atoms with Crippen LogP contribution in [0.4, 0.5) is 5.82 Å². The van der Waals surface area contributed by atoms with E-state index in [1.165, 1.54) is 55.2 Å². The van der Waals surface area contributed by atoms with Crippen LogP contribution in [0.2, 0.25) is 0 Å². The third-order valence-electron chi connectivity index (χ3n) is 5.64. The number of nitrogens with one attached hydrogen (secondary N) is 1. The van der Waals surface area contributed by atoms with Crippen molar-refractivity contribution >= 4 is 29.3 Å². The van der Waals surface area contributed by atoms with Crippen molar-refractivity contribution in [2.45, 2.75) is 45.4 Å². The fourth-order valence-electron chi connectivity index (χ4n) is 4.34.